The SMILES string of the molecule is CNC(C(=O)NCC1CCOc2ccccc21)c1cnn(C)c1. The first-order valence-electron chi connectivity index (χ1n) is 7.84. The lowest BCUT2D eigenvalue weighted by Gasteiger charge is -2.26. The molecule has 0 aliphatic carbocycles. The van der Waals surface area contributed by atoms with Gasteiger partial charge in [-0.2, -0.15) is 5.10 Å². The molecule has 1 aromatic carbocycles. The van der Waals surface area contributed by atoms with Crippen molar-refractivity contribution in [3.05, 3.63) is 47.8 Å². The number of rotatable bonds is 5. The van der Waals surface area contributed by atoms with E-state index in [1.54, 1.807) is 17.9 Å². The summed E-state index contributed by atoms with van der Waals surface area (Å²) in [6.07, 6.45) is 4.48. The summed E-state index contributed by atoms with van der Waals surface area (Å²) in [5, 5.41) is 10.2. The monoisotopic (exact) mass is 314 g/mol. The fraction of sp³-hybridized carbons (Fsp3) is 0.412. The lowest BCUT2D eigenvalue weighted by atomic mass is 9.93. The lowest BCUT2D eigenvalue weighted by Crippen LogP contribution is -2.38. The van der Waals surface area contributed by atoms with Crippen LogP contribution < -0.4 is 15.4 Å². The van der Waals surface area contributed by atoms with Crippen molar-refractivity contribution < 1.29 is 9.53 Å². The number of nitrogens with one attached hydrogen (secondary N) is 2. The summed E-state index contributed by atoms with van der Waals surface area (Å²) in [6, 6.07) is 7.64. The molecule has 0 spiro atoms. The summed E-state index contributed by atoms with van der Waals surface area (Å²) in [7, 11) is 3.62. The third-order valence-corrected chi connectivity index (χ3v) is 4.21. The summed E-state index contributed by atoms with van der Waals surface area (Å²) in [6.45, 7) is 1.30. The van der Waals surface area contributed by atoms with Crippen molar-refractivity contribution in [2.24, 2.45) is 7.05 Å². The lowest BCUT2D eigenvalue weighted by molar-refractivity contribution is -0.123. The molecule has 0 saturated heterocycles. The van der Waals surface area contributed by atoms with E-state index in [0.717, 1.165) is 17.7 Å². The van der Waals surface area contributed by atoms with Crippen LogP contribution in [-0.2, 0) is 11.8 Å². The van der Waals surface area contributed by atoms with Gasteiger partial charge in [0.15, 0.2) is 0 Å². The molecule has 3 rings (SSSR count). The van der Waals surface area contributed by atoms with Gasteiger partial charge in [0.25, 0.3) is 0 Å². The van der Waals surface area contributed by atoms with Gasteiger partial charge < -0.3 is 15.4 Å². The van der Waals surface area contributed by atoms with Gasteiger partial charge in [-0.1, -0.05) is 18.2 Å². The smallest absolute Gasteiger partial charge is 0.241 e. The molecule has 0 radical (unpaired) electrons. The number of fused-ring (bicyclic) bond motifs is 1. The molecular weight excluding hydrogens is 292 g/mol. The minimum Gasteiger partial charge on any atom is -0.493 e. The Hall–Kier alpha value is -2.34. The molecule has 1 aliphatic rings. The number of nitrogens with zero attached hydrogens (tertiary/aromatic N) is 2. The highest BCUT2D eigenvalue weighted by atomic mass is 16.5. The van der Waals surface area contributed by atoms with Crippen molar-refractivity contribution in [2.45, 2.75) is 18.4 Å². The van der Waals surface area contributed by atoms with E-state index >= 15 is 0 Å². The predicted molar refractivity (Wildman–Crippen MR) is 87.3 cm³/mol. The van der Waals surface area contributed by atoms with E-state index in [1.807, 2.05) is 31.4 Å². The summed E-state index contributed by atoms with van der Waals surface area (Å²) in [4.78, 5) is 12.5. The fourth-order valence-electron chi connectivity index (χ4n) is 2.99. The van der Waals surface area contributed by atoms with Crippen molar-refractivity contribution >= 4 is 5.91 Å². The molecule has 0 saturated carbocycles. The normalized spacial score (nSPS) is 17.9. The number of hydrogen-bond donors (Lipinski definition) is 2. The minimum absolute atomic E-state index is 0.0375. The maximum Gasteiger partial charge on any atom is 0.241 e. The van der Waals surface area contributed by atoms with Gasteiger partial charge in [0.2, 0.25) is 5.91 Å². The van der Waals surface area contributed by atoms with Crippen LogP contribution in [0.15, 0.2) is 36.7 Å². The van der Waals surface area contributed by atoms with Crippen LogP contribution in [0.3, 0.4) is 0 Å². The molecule has 2 heterocycles. The first-order chi connectivity index (χ1) is 11.2. The zero-order chi connectivity index (χ0) is 16.2. The number of aryl methyl sites for hydroxylation is 1. The van der Waals surface area contributed by atoms with Gasteiger partial charge >= 0.3 is 0 Å². The zero-order valence-electron chi connectivity index (χ0n) is 13.5. The van der Waals surface area contributed by atoms with Gasteiger partial charge in [0.1, 0.15) is 11.8 Å². The maximum atomic E-state index is 12.5. The number of ether oxygens (including phenoxy) is 1. The Balaban J connectivity index is 1.65. The third kappa shape index (κ3) is 3.37. The van der Waals surface area contributed by atoms with Gasteiger partial charge in [-0.05, 0) is 25.1 Å². The van der Waals surface area contributed by atoms with Crippen molar-refractivity contribution in [3.8, 4) is 5.75 Å². The number of carbonyl (C=O) groups is 1. The second kappa shape index (κ2) is 6.83. The van der Waals surface area contributed by atoms with Crippen molar-refractivity contribution in [1.82, 2.24) is 20.4 Å². The number of aromatic nitrogens is 2. The van der Waals surface area contributed by atoms with Crippen LogP contribution in [0.2, 0.25) is 0 Å². The van der Waals surface area contributed by atoms with Gasteiger partial charge in [-0.15, -0.1) is 0 Å². The van der Waals surface area contributed by atoms with Crippen LogP contribution in [0.4, 0.5) is 0 Å². The van der Waals surface area contributed by atoms with Crippen molar-refractivity contribution in [2.75, 3.05) is 20.2 Å². The van der Waals surface area contributed by atoms with E-state index in [9.17, 15) is 4.79 Å². The highest BCUT2D eigenvalue weighted by Crippen LogP contribution is 2.32. The Kier molecular flexibility index (Phi) is 4.62. The average Bonchev–Trinajstić information content (AvgIpc) is 2.99. The van der Waals surface area contributed by atoms with Gasteiger partial charge in [-0.25, -0.2) is 0 Å². The number of amides is 1. The van der Waals surface area contributed by atoms with Crippen molar-refractivity contribution in [3.63, 3.8) is 0 Å². The van der Waals surface area contributed by atoms with Crippen LogP contribution in [0.1, 0.15) is 29.5 Å². The number of benzene rings is 1. The van der Waals surface area contributed by atoms with Crippen molar-refractivity contribution in [1.29, 1.82) is 0 Å². The molecule has 23 heavy (non-hydrogen) atoms. The van der Waals surface area contributed by atoms with Gasteiger partial charge in [-0.3, -0.25) is 9.48 Å². The van der Waals surface area contributed by atoms with Crippen LogP contribution >= 0.6 is 0 Å². The molecule has 2 aromatic rings. The predicted octanol–water partition coefficient (Wildman–Crippen LogP) is 1.36. The molecule has 1 aromatic heterocycles. The van der Waals surface area contributed by atoms with Crippen LogP contribution in [0.25, 0.3) is 0 Å². The molecule has 6 heteroatoms. The van der Waals surface area contributed by atoms with Crippen LogP contribution in [0.5, 0.6) is 5.75 Å². The van der Waals surface area contributed by atoms with Gasteiger partial charge in [0.05, 0.1) is 12.8 Å². The van der Waals surface area contributed by atoms with Crippen LogP contribution in [-0.4, -0.2) is 35.9 Å². The first kappa shape index (κ1) is 15.6. The molecule has 6 nitrogen and oxygen atoms in total. The Labute approximate surface area is 135 Å². The maximum absolute atomic E-state index is 12.5. The number of para-hydroxylation sites is 1. The molecule has 1 amide bonds. The molecule has 1 aliphatic heterocycles. The number of likely N-dealkylation sites (N-methyl/N-ethyl adjacent to an activating group) is 1. The van der Waals surface area contributed by atoms with E-state index in [4.69, 9.17) is 4.74 Å². The van der Waals surface area contributed by atoms with E-state index in [2.05, 4.69) is 21.8 Å². The number of carbonyl (C=O) groups excluding carboxylic acids is 1. The Morgan fingerprint density at radius 1 is 1.48 bits per heavy atom. The van der Waals surface area contributed by atoms with Gasteiger partial charge in [0, 0.05) is 31.3 Å². The summed E-state index contributed by atoms with van der Waals surface area (Å²) < 4.78 is 7.36. The third-order valence-electron chi connectivity index (χ3n) is 4.21. The quantitative estimate of drug-likeness (QED) is 0.874. The van der Waals surface area contributed by atoms with E-state index in [1.165, 1.54) is 5.56 Å². The summed E-state index contributed by atoms with van der Waals surface area (Å²) >= 11 is 0. The molecule has 2 N–H and O–H groups in total. The highest BCUT2D eigenvalue weighted by molar-refractivity contribution is 5.83. The highest BCUT2D eigenvalue weighted by Gasteiger charge is 2.24. The molecular formula is C17H22N4O2. The Morgan fingerprint density at radius 2 is 2.30 bits per heavy atom. The molecule has 0 fully saturated rings. The average molecular weight is 314 g/mol. The van der Waals surface area contributed by atoms with Crippen LogP contribution in [0, 0.1) is 0 Å². The second-order valence-electron chi connectivity index (χ2n) is 5.79. The zero-order valence-corrected chi connectivity index (χ0v) is 13.5. The van der Waals surface area contributed by atoms with E-state index in [-0.39, 0.29) is 11.8 Å². The Bertz CT molecular complexity index is 683. The topological polar surface area (TPSA) is 68.2 Å². The minimum atomic E-state index is -0.390. The molecule has 0 bridgehead atoms. The second-order valence-corrected chi connectivity index (χ2v) is 5.79. The summed E-state index contributed by atoms with van der Waals surface area (Å²) in [5.41, 5.74) is 2.03. The largest absolute Gasteiger partial charge is 0.493 e. The van der Waals surface area contributed by atoms with E-state index < -0.39 is 6.04 Å². The summed E-state index contributed by atoms with van der Waals surface area (Å²) in [5.74, 6) is 1.18. The Morgan fingerprint density at radius 3 is 3.04 bits per heavy atom. The standard InChI is InChI=1S/C17H22N4O2/c1-18-16(13-10-20-21(2)11-13)17(22)19-9-12-7-8-23-15-6-4-3-5-14(12)15/h3-6,10-12,16,18H,7-9H2,1-2H3,(H,19,22). The van der Waals surface area contributed by atoms with E-state index in [0.29, 0.717) is 13.2 Å². The molecule has 2 unspecified atom stereocenters. The molecule has 122 valence electrons. The fourth-order valence-corrected chi connectivity index (χ4v) is 2.99. The first-order valence-corrected chi connectivity index (χ1v) is 7.84. The number of hydrogen-bond acceptors (Lipinski definition) is 4. The molecule has 2 atom stereocenters.